The average Bonchev–Trinajstić information content (AvgIpc) is 2.29. The molecule has 2 N–H and O–H groups in total. The van der Waals surface area contributed by atoms with Gasteiger partial charge >= 0.3 is 0 Å². The van der Waals surface area contributed by atoms with Gasteiger partial charge in [0.25, 0.3) is 0 Å². The molecule has 0 fully saturated rings. The van der Waals surface area contributed by atoms with E-state index in [1.165, 1.54) is 0 Å². The second kappa shape index (κ2) is 4.63. The number of para-hydroxylation sites is 1. The van der Waals surface area contributed by atoms with Gasteiger partial charge in [0, 0.05) is 11.8 Å². The summed E-state index contributed by atoms with van der Waals surface area (Å²) in [6.45, 7) is 0. The lowest BCUT2D eigenvalue weighted by Gasteiger charge is -2.05. The first-order valence-corrected chi connectivity index (χ1v) is 5.26. The van der Waals surface area contributed by atoms with Crippen molar-refractivity contribution < 1.29 is 0 Å². The fourth-order valence-electron chi connectivity index (χ4n) is 1.71. The van der Waals surface area contributed by atoms with Gasteiger partial charge in [0.1, 0.15) is 0 Å². The Hall–Kier alpha value is -2.08. The number of fused-ring (bicyclic) bond motifs is 1. The monoisotopic (exact) mass is 211 g/mol. The minimum absolute atomic E-state index is 0.328. The van der Waals surface area contributed by atoms with E-state index in [9.17, 15) is 0 Å². The largest absolute Gasteiger partial charge is 0.368 e. The van der Waals surface area contributed by atoms with Gasteiger partial charge in [-0.3, -0.25) is 0 Å². The molecule has 2 rings (SSSR count). The number of benzene rings is 1. The number of rotatable bonds is 3. The van der Waals surface area contributed by atoms with E-state index in [-0.39, 0.29) is 0 Å². The number of nitrogens with zero attached hydrogens (tertiary/aromatic N) is 2. The van der Waals surface area contributed by atoms with Crippen LogP contribution in [0.15, 0.2) is 24.3 Å². The lowest BCUT2D eigenvalue weighted by Crippen LogP contribution is -2.00. The normalized spacial score (nSPS) is 10.2. The molecule has 0 aliphatic heterocycles. The minimum atomic E-state index is 0.328. The number of hydrogen-bond acceptors (Lipinski definition) is 3. The fraction of sp³-hybridized carbons (Fsp3) is 0.231. The number of nitrogen functional groups attached to an aromatic ring is 1. The van der Waals surface area contributed by atoms with Crippen molar-refractivity contribution in [3.63, 3.8) is 0 Å². The number of nitrogens with two attached hydrogens (primary N) is 1. The van der Waals surface area contributed by atoms with E-state index >= 15 is 0 Å². The molecule has 0 aliphatic rings. The lowest BCUT2D eigenvalue weighted by atomic mass is 10.1. The zero-order valence-corrected chi connectivity index (χ0v) is 8.98. The number of aryl methyl sites for hydroxylation is 1. The highest BCUT2D eigenvalue weighted by Crippen LogP contribution is 2.17. The van der Waals surface area contributed by atoms with E-state index in [1.807, 2.05) is 24.3 Å². The quantitative estimate of drug-likeness (QED) is 0.625. The third kappa shape index (κ3) is 2.12. The Morgan fingerprint density at radius 1 is 1.25 bits per heavy atom. The Morgan fingerprint density at radius 3 is 2.88 bits per heavy atom. The van der Waals surface area contributed by atoms with Crippen molar-refractivity contribution in [3.05, 3.63) is 30.0 Å². The highest BCUT2D eigenvalue weighted by Gasteiger charge is 2.04. The van der Waals surface area contributed by atoms with E-state index in [4.69, 9.17) is 12.2 Å². The van der Waals surface area contributed by atoms with Crippen LogP contribution in [0.5, 0.6) is 0 Å². The van der Waals surface area contributed by atoms with Gasteiger partial charge in [0.2, 0.25) is 5.95 Å². The molecule has 0 saturated heterocycles. The van der Waals surface area contributed by atoms with Crippen molar-refractivity contribution in [1.29, 1.82) is 0 Å². The number of hydrogen-bond donors (Lipinski definition) is 1. The molecule has 1 aromatic carbocycles. The van der Waals surface area contributed by atoms with Crippen molar-refractivity contribution in [2.24, 2.45) is 0 Å². The molecule has 0 bridgehead atoms. The molecule has 0 unspecified atom stereocenters. The van der Waals surface area contributed by atoms with E-state index in [2.05, 4.69) is 15.9 Å². The van der Waals surface area contributed by atoms with E-state index in [1.54, 1.807) is 0 Å². The van der Waals surface area contributed by atoms with Crippen molar-refractivity contribution in [1.82, 2.24) is 9.97 Å². The van der Waals surface area contributed by atoms with Crippen molar-refractivity contribution >= 4 is 16.9 Å². The molecule has 3 heteroatoms. The Morgan fingerprint density at radius 2 is 2.06 bits per heavy atom. The molecule has 0 atom stereocenters. The van der Waals surface area contributed by atoms with Crippen LogP contribution in [0.3, 0.4) is 0 Å². The van der Waals surface area contributed by atoms with Gasteiger partial charge in [0.15, 0.2) is 0 Å². The van der Waals surface area contributed by atoms with Gasteiger partial charge in [-0.2, -0.15) is 0 Å². The zero-order chi connectivity index (χ0) is 11.4. The molecular formula is C13H13N3. The smallest absolute Gasteiger partial charge is 0.220 e. The maximum Gasteiger partial charge on any atom is 0.220 e. The SMILES string of the molecule is C#CCCCc1nc(N)nc2ccccc12. The number of terminal acetylenes is 1. The first-order valence-electron chi connectivity index (χ1n) is 5.26. The van der Waals surface area contributed by atoms with Crippen LogP contribution in [0.4, 0.5) is 5.95 Å². The predicted octanol–water partition coefficient (Wildman–Crippen LogP) is 2.17. The number of unbranched alkanes of at least 4 members (excludes halogenated alkanes) is 1. The van der Waals surface area contributed by atoms with Gasteiger partial charge in [0.05, 0.1) is 11.2 Å². The van der Waals surface area contributed by atoms with Crippen LogP contribution >= 0.6 is 0 Å². The van der Waals surface area contributed by atoms with Crippen molar-refractivity contribution in [2.75, 3.05) is 5.73 Å². The van der Waals surface area contributed by atoms with Crippen LogP contribution < -0.4 is 5.73 Å². The standard InChI is InChI=1S/C13H13N3/c1-2-3-4-8-11-10-7-5-6-9-12(10)16-13(14)15-11/h1,5-7,9H,3-4,8H2,(H2,14,15,16). The molecule has 16 heavy (non-hydrogen) atoms. The summed E-state index contributed by atoms with van der Waals surface area (Å²) in [7, 11) is 0. The van der Waals surface area contributed by atoms with E-state index in [0.29, 0.717) is 5.95 Å². The summed E-state index contributed by atoms with van der Waals surface area (Å²) in [5, 5.41) is 1.06. The molecule has 80 valence electrons. The molecule has 3 nitrogen and oxygen atoms in total. The molecule has 0 radical (unpaired) electrons. The van der Waals surface area contributed by atoms with E-state index in [0.717, 1.165) is 35.9 Å². The minimum Gasteiger partial charge on any atom is -0.368 e. The van der Waals surface area contributed by atoms with Gasteiger partial charge in [-0.05, 0) is 18.9 Å². The van der Waals surface area contributed by atoms with Crippen LogP contribution in [0.2, 0.25) is 0 Å². The first-order chi connectivity index (χ1) is 7.81. The predicted molar refractivity (Wildman–Crippen MR) is 65.7 cm³/mol. The van der Waals surface area contributed by atoms with Crippen molar-refractivity contribution in [2.45, 2.75) is 19.3 Å². The van der Waals surface area contributed by atoms with Crippen LogP contribution in [0.25, 0.3) is 10.9 Å². The summed E-state index contributed by atoms with van der Waals surface area (Å²) in [6, 6.07) is 7.88. The number of anilines is 1. The van der Waals surface area contributed by atoms with Gasteiger partial charge in [-0.25, -0.2) is 9.97 Å². The molecule has 0 aliphatic carbocycles. The maximum absolute atomic E-state index is 5.67. The Labute approximate surface area is 94.7 Å². The summed E-state index contributed by atoms with van der Waals surface area (Å²) in [5.74, 6) is 2.95. The molecule has 1 heterocycles. The highest BCUT2D eigenvalue weighted by atomic mass is 15.0. The number of aromatic nitrogens is 2. The van der Waals surface area contributed by atoms with Gasteiger partial charge in [-0.1, -0.05) is 18.2 Å². The highest BCUT2D eigenvalue weighted by molar-refractivity contribution is 5.81. The van der Waals surface area contributed by atoms with E-state index < -0.39 is 0 Å². The first kappa shape index (κ1) is 10.4. The lowest BCUT2D eigenvalue weighted by molar-refractivity contribution is 0.837. The molecule has 0 amide bonds. The van der Waals surface area contributed by atoms with Crippen LogP contribution in [-0.2, 0) is 6.42 Å². The maximum atomic E-state index is 5.67. The van der Waals surface area contributed by atoms with Crippen LogP contribution in [-0.4, -0.2) is 9.97 Å². The molecule has 2 aromatic rings. The summed E-state index contributed by atoms with van der Waals surface area (Å²) < 4.78 is 0. The Bertz CT molecular complexity index is 540. The molecule has 0 spiro atoms. The molecule has 0 saturated carbocycles. The molecular weight excluding hydrogens is 198 g/mol. The van der Waals surface area contributed by atoms with Gasteiger partial charge < -0.3 is 5.73 Å². The average molecular weight is 211 g/mol. The topological polar surface area (TPSA) is 51.8 Å². The fourth-order valence-corrected chi connectivity index (χ4v) is 1.71. The summed E-state index contributed by atoms with van der Waals surface area (Å²) >= 11 is 0. The van der Waals surface area contributed by atoms with Crippen molar-refractivity contribution in [3.8, 4) is 12.3 Å². The summed E-state index contributed by atoms with van der Waals surface area (Å²) in [6.07, 6.45) is 7.76. The Balaban J connectivity index is 2.39. The second-order valence-corrected chi connectivity index (χ2v) is 3.60. The second-order valence-electron chi connectivity index (χ2n) is 3.60. The third-order valence-electron chi connectivity index (χ3n) is 2.43. The third-order valence-corrected chi connectivity index (χ3v) is 2.43. The van der Waals surface area contributed by atoms with Crippen LogP contribution in [0, 0.1) is 12.3 Å². The Kier molecular flexibility index (Phi) is 3.02. The zero-order valence-electron chi connectivity index (χ0n) is 8.98. The van der Waals surface area contributed by atoms with Crippen LogP contribution in [0.1, 0.15) is 18.5 Å². The molecule has 1 aromatic heterocycles. The summed E-state index contributed by atoms with van der Waals surface area (Å²) in [4.78, 5) is 8.46. The summed E-state index contributed by atoms with van der Waals surface area (Å²) in [5.41, 5.74) is 7.55. The van der Waals surface area contributed by atoms with Gasteiger partial charge in [-0.15, -0.1) is 12.3 Å².